The van der Waals surface area contributed by atoms with Crippen molar-refractivity contribution in [3.63, 3.8) is 0 Å². The van der Waals surface area contributed by atoms with E-state index < -0.39 is 0 Å². The maximum Gasteiger partial charge on any atom is 0.158 e. The maximum absolute atomic E-state index is 4.38. The third kappa shape index (κ3) is 1.37. The molecule has 0 bridgehead atoms. The highest BCUT2D eigenvalue weighted by atomic mass is 15.2. The van der Waals surface area contributed by atoms with Crippen molar-refractivity contribution in [2.45, 2.75) is 20.4 Å². The monoisotopic (exact) mass is 190 g/mol. The van der Waals surface area contributed by atoms with E-state index in [1.165, 1.54) is 0 Å². The van der Waals surface area contributed by atoms with E-state index in [4.69, 9.17) is 0 Å². The number of aryl methyl sites for hydroxylation is 2. The molecule has 0 aliphatic heterocycles. The van der Waals surface area contributed by atoms with Crippen molar-refractivity contribution in [1.82, 2.24) is 19.9 Å². The van der Waals surface area contributed by atoms with Crippen LogP contribution in [-0.2, 0) is 6.54 Å². The minimum atomic E-state index is 0.820. The van der Waals surface area contributed by atoms with E-state index in [2.05, 4.69) is 15.4 Å². The molecule has 0 saturated carbocycles. The van der Waals surface area contributed by atoms with Gasteiger partial charge in [-0.1, -0.05) is 0 Å². The highest BCUT2D eigenvalue weighted by Gasteiger charge is 2.05. The van der Waals surface area contributed by atoms with Crippen molar-refractivity contribution >= 4 is 5.65 Å². The lowest BCUT2D eigenvalue weighted by atomic mass is 10.3. The van der Waals surface area contributed by atoms with Crippen molar-refractivity contribution < 1.29 is 0 Å². The Kier molecular flexibility index (Phi) is 2.21. The minimum Gasteiger partial charge on any atom is -0.316 e. The van der Waals surface area contributed by atoms with Gasteiger partial charge in [-0.25, -0.2) is 9.50 Å². The first kappa shape index (κ1) is 9.15. The number of hydrogen-bond acceptors (Lipinski definition) is 3. The van der Waals surface area contributed by atoms with E-state index >= 15 is 0 Å². The summed E-state index contributed by atoms with van der Waals surface area (Å²) in [5, 5.41) is 7.47. The first-order valence-corrected chi connectivity index (χ1v) is 4.67. The van der Waals surface area contributed by atoms with Gasteiger partial charge in [0.25, 0.3) is 0 Å². The van der Waals surface area contributed by atoms with Gasteiger partial charge in [-0.3, -0.25) is 0 Å². The summed E-state index contributed by atoms with van der Waals surface area (Å²) in [7, 11) is 1.92. The van der Waals surface area contributed by atoms with E-state index in [1.54, 1.807) is 0 Å². The summed E-state index contributed by atoms with van der Waals surface area (Å²) in [5.41, 5.74) is 4.28. The van der Waals surface area contributed by atoms with Crippen LogP contribution in [0, 0.1) is 13.8 Å². The summed E-state index contributed by atoms with van der Waals surface area (Å²) < 4.78 is 1.84. The predicted octanol–water partition coefficient (Wildman–Crippen LogP) is 1.07. The Balaban J connectivity index is 2.56. The second-order valence-electron chi connectivity index (χ2n) is 3.47. The Hall–Kier alpha value is -1.42. The molecule has 0 amide bonds. The van der Waals surface area contributed by atoms with Gasteiger partial charge in [0, 0.05) is 30.1 Å². The van der Waals surface area contributed by atoms with Crippen molar-refractivity contribution in [2.24, 2.45) is 0 Å². The molecule has 0 fully saturated rings. The SMILES string of the molecule is CNCc1cnc2c(C)c(C)nn2c1. The smallest absolute Gasteiger partial charge is 0.158 e. The third-order valence-electron chi connectivity index (χ3n) is 2.37. The van der Waals surface area contributed by atoms with E-state index in [1.807, 2.05) is 37.8 Å². The van der Waals surface area contributed by atoms with Crippen LogP contribution >= 0.6 is 0 Å². The van der Waals surface area contributed by atoms with Crippen molar-refractivity contribution in [3.05, 3.63) is 29.2 Å². The summed E-state index contributed by atoms with van der Waals surface area (Å²) >= 11 is 0. The molecule has 4 heteroatoms. The second-order valence-corrected chi connectivity index (χ2v) is 3.47. The van der Waals surface area contributed by atoms with Crippen LogP contribution in [0.4, 0.5) is 0 Å². The van der Waals surface area contributed by atoms with Crippen LogP contribution in [0.15, 0.2) is 12.4 Å². The standard InChI is InChI=1S/C10H14N4/c1-7-8(2)13-14-6-9(4-11-3)5-12-10(7)14/h5-6,11H,4H2,1-3H3. The molecule has 0 atom stereocenters. The van der Waals surface area contributed by atoms with Gasteiger partial charge >= 0.3 is 0 Å². The molecule has 0 radical (unpaired) electrons. The van der Waals surface area contributed by atoms with Crippen molar-refractivity contribution in [3.8, 4) is 0 Å². The van der Waals surface area contributed by atoms with E-state index in [-0.39, 0.29) is 0 Å². The summed E-state index contributed by atoms with van der Waals surface area (Å²) in [4.78, 5) is 4.38. The van der Waals surface area contributed by atoms with Crippen LogP contribution in [-0.4, -0.2) is 21.6 Å². The molecule has 1 N–H and O–H groups in total. The molecule has 2 rings (SSSR count). The second kappa shape index (κ2) is 3.38. The van der Waals surface area contributed by atoms with Crippen LogP contribution < -0.4 is 5.32 Å². The fraction of sp³-hybridized carbons (Fsp3) is 0.400. The van der Waals surface area contributed by atoms with Crippen LogP contribution in [0.25, 0.3) is 5.65 Å². The van der Waals surface area contributed by atoms with E-state index in [0.29, 0.717) is 0 Å². The Morgan fingerprint density at radius 1 is 1.43 bits per heavy atom. The Labute approximate surface area is 83.0 Å². The predicted molar refractivity (Wildman–Crippen MR) is 55.2 cm³/mol. The molecule has 0 aromatic carbocycles. The topological polar surface area (TPSA) is 42.2 Å². The average molecular weight is 190 g/mol. The molecule has 2 aromatic rings. The van der Waals surface area contributed by atoms with Gasteiger partial charge in [0.05, 0.1) is 5.69 Å². The lowest BCUT2D eigenvalue weighted by molar-refractivity contribution is 0.792. The van der Waals surface area contributed by atoms with Gasteiger partial charge in [0.15, 0.2) is 5.65 Å². The fourth-order valence-corrected chi connectivity index (χ4v) is 1.49. The number of fused-ring (bicyclic) bond motifs is 1. The number of rotatable bonds is 2. The average Bonchev–Trinajstić information content (AvgIpc) is 2.43. The van der Waals surface area contributed by atoms with Crippen LogP contribution in [0.3, 0.4) is 0 Å². The Morgan fingerprint density at radius 2 is 2.21 bits per heavy atom. The lowest BCUT2D eigenvalue weighted by Crippen LogP contribution is -2.06. The molecule has 14 heavy (non-hydrogen) atoms. The number of hydrogen-bond donors (Lipinski definition) is 1. The van der Waals surface area contributed by atoms with Crippen LogP contribution in [0.1, 0.15) is 16.8 Å². The molecule has 74 valence electrons. The zero-order valence-electron chi connectivity index (χ0n) is 8.70. The van der Waals surface area contributed by atoms with Gasteiger partial charge in [-0.2, -0.15) is 5.10 Å². The number of aromatic nitrogens is 3. The molecular formula is C10H14N4. The van der Waals surface area contributed by atoms with Gasteiger partial charge < -0.3 is 5.32 Å². The van der Waals surface area contributed by atoms with Crippen molar-refractivity contribution in [2.75, 3.05) is 7.05 Å². The van der Waals surface area contributed by atoms with Gasteiger partial charge in [0.1, 0.15) is 0 Å². The Morgan fingerprint density at radius 3 is 2.93 bits per heavy atom. The molecule has 0 aliphatic carbocycles. The lowest BCUT2D eigenvalue weighted by Gasteiger charge is -1.99. The van der Waals surface area contributed by atoms with Crippen molar-refractivity contribution in [1.29, 1.82) is 0 Å². The molecular weight excluding hydrogens is 176 g/mol. The van der Waals surface area contributed by atoms with Crippen LogP contribution in [0.2, 0.25) is 0 Å². The van der Waals surface area contributed by atoms with Crippen LogP contribution in [0.5, 0.6) is 0 Å². The molecule has 0 unspecified atom stereocenters. The normalized spacial score (nSPS) is 11.1. The summed E-state index contributed by atoms with van der Waals surface area (Å²) in [6.45, 7) is 4.87. The maximum atomic E-state index is 4.38. The molecule has 0 saturated heterocycles. The number of nitrogens with one attached hydrogen (secondary N) is 1. The fourth-order valence-electron chi connectivity index (χ4n) is 1.49. The molecule has 4 nitrogen and oxygen atoms in total. The van der Waals surface area contributed by atoms with Gasteiger partial charge in [0.2, 0.25) is 0 Å². The quantitative estimate of drug-likeness (QED) is 0.770. The zero-order valence-corrected chi connectivity index (χ0v) is 8.70. The highest BCUT2D eigenvalue weighted by molar-refractivity contribution is 5.48. The first-order chi connectivity index (χ1) is 6.72. The van der Waals surface area contributed by atoms with Gasteiger partial charge in [-0.05, 0) is 20.9 Å². The Bertz CT molecular complexity index is 458. The summed E-state index contributed by atoms with van der Waals surface area (Å²) in [5.74, 6) is 0. The highest BCUT2D eigenvalue weighted by Crippen LogP contribution is 2.11. The third-order valence-corrected chi connectivity index (χ3v) is 2.37. The molecule has 0 aliphatic rings. The van der Waals surface area contributed by atoms with Gasteiger partial charge in [-0.15, -0.1) is 0 Å². The molecule has 2 aromatic heterocycles. The first-order valence-electron chi connectivity index (χ1n) is 4.67. The molecule has 0 spiro atoms. The van der Waals surface area contributed by atoms with E-state index in [9.17, 15) is 0 Å². The van der Waals surface area contributed by atoms with E-state index in [0.717, 1.165) is 29.0 Å². The zero-order chi connectivity index (χ0) is 10.1. The summed E-state index contributed by atoms with van der Waals surface area (Å²) in [6, 6.07) is 0. The minimum absolute atomic E-state index is 0.820. The molecule has 2 heterocycles. The summed E-state index contributed by atoms with van der Waals surface area (Å²) in [6.07, 6.45) is 3.90. The largest absolute Gasteiger partial charge is 0.316 e. The number of nitrogens with zero attached hydrogens (tertiary/aromatic N) is 3.